The largest absolute Gasteiger partial charge is 0.481 e. The Kier molecular flexibility index (Phi) is 5.94. The minimum atomic E-state index is -0.859. The molecule has 1 atom stereocenters. The first kappa shape index (κ1) is 18.3. The molecule has 6 nitrogen and oxygen atoms in total. The van der Waals surface area contributed by atoms with Gasteiger partial charge in [-0.05, 0) is 55.5 Å². The summed E-state index contributed by atoms with van der Waals surface area (Å²) in [5.41, 5.74) is 6.01. The highest BCUT2D eigenvalue weighted by Gasteiger charge is 2.16. The Morgan fingerprint density at radius 3 is 2.16 bits per heavy atom. The third kappa shape index (κ3) is 5.20. The average Bonchev–Trinajstić information content (AvgIpc) is 2.61. The molecular formula is C18H20FN3O3. The van der Waals surface area contributed by atoms with Crippen molar-refractivity contribution in [3.8, 4) is 5.75 Å². The van der Waals surface area contributed by atoms with Crippen LogP contribution in [-0.4, -0.2) is 32.0 Å². The minimum absolute atomic E-state index is 0.356. The molecule has 2 aromatic rings. The van der Waals surface area contributed by atoms with E-state index in [1.54, 1.807) is 24.3 Å². The quantitative estimate of drug-likeness (QED) is 0.815. The second-order valence-electron chi connectivity index (χ2n) is 5.60. The fourth-order valence-electron chi connectivity index (χ4n) is 1.97. The summed E-state index contributed by atoms with van der Waals surface area (Å²) in [5.74, 6) is -0.998. The van der Waals surface area contributed by atoms with Gasteiger partial charge in [0.15, 0.2) is 6.10 Å². The van der Waals surface area contributed by atoms with Crippen LogP contribution in [0.1, 0.15) is 17.3 Å². The van der Waals surface area contributed by atoms with E-state index in [-0.39, 0.29) is 0 Å². The molecule has 0 aliphatic rings. The van der Waals surface area contributed by atoms with E-state index in [9.17, 15) is 14.0 Å². The Morgan fingerprint density at radius 1 is 1.00 bits per heavy atom. The van der Waals surface area contributed by atoms with E-state index in [2.05, 4.69) is 10.9 Å². The highest BCUT2D eigenvalue weighted by molar-refractivity contribution is 5.96. The minimum Gasteiger partial charge on any atom is -0.481 e. The molecule has 132 valence electrons. The van der Waals surface area contributed by atoms with Crippen molar-refractivity contribution in [2.75, 3.05) is 19.0 Å². The van der Waals surface area contributed by atoms with Crippen LogP contribution in [0, 0.1) is 5.82 Å². The van der Waals surface area contributed by atoms with Gasteiger partial charge >= 0.3 is 0 Å². The smallest absolute Gasteiger partial charge is 0.279 e. The Hall–Kier alpha value is -3.09. The van der Waals surface area contributed by atoms with Gasteiger partial charge in [0, 0.05) is 25.3 Å². The predicted octanol–water partition coefficient (Wildman–Crippen LogP) is 2.12. The van der Waals surface area contributed by atoms with Gasteiger partial charge in [-0.2, -0.15) is 0 Å². The zero-order valence-corrected chi connectivity index (χ0v) is 14.2. The summed E-state index contributed by atoms with van der Waals surface area (Å²) < 4.78 is 18.2. The summed E-state index contributed by atoms with van der Waals surface area (Å²) in [6.07, 6.45) is -0.859. The number of nitrogens with one attached hydrogen (secondary N) is 2. The third-order valence-electron chi connectivity index (χ3n) is 3.44. The molecule has 0 saturated heterocycles. The van der Waals surface area contributed by atoms with Gasteiger partial charge in [0.1, 0.15) is 11.6 Å². The highest BCUT2D eigenvalue weighted by atomic mass is 19.1. The number of hydrazine groups is 1. The monoisotopic (exact) mass is 345 g/mol. The van der Waals surface area contributed by atoms with Crippen LogP contribution in [0.3, 0.4) is 0 Å². The van der Waals surface area contributed by atoms with Gasteiger partial charge in [0.2, 0.25) is 0 Å². The molecule has 0 aromatic heterocycles. The number of anilines is 1. The van der Waals surface area contributed by atoms with Crippen molar-refractivity contribution in [1.29, 1.82) is 0 Å². The first-order valence-corrected chi connectivity index (χ1v) is 7.66. The number of halogens is 1. The standard InChI is InChI=1S/C18H20FN3O3/c1-12(25-16-10-6-14(19)7-11-16)17(23)20-21-18(24)13-4-8-15(9-5-13)22(2)3/h4-12H,1-3H3,(H,20,23)(H,21,24). The molecule has 1 unspecified atom stereocenters. The molecule has 2 N–H and O–H groups in total. The van der Waals surface area contributed by atoms with Gasteiger partial charge in [-0.1, -0.05) is 0 Å². The van der Waals surface area contributed by atoms with Crippen LogP contribution in [0.2, 0.25) is 0 Å². The van der Waals surface area contributed by atoms with E-state index in [0.29, 0.717) is 11.3 Å². The maximum Gasteiger partial charge on any atom is 0.279 e. The number of amides is 2. The lowest BCUT2D eigenvalue weighted by Crippen LogP contribution is -2.47. The van der Waals surface area contributed by atoms with Gasteiger partial charge < -0.3 is 9.64 Å². The molecule has 0 fully saturated rings. The van der Waals surface area contributed by atoms with Gasteiger partial charge in [-0.15, -0.1) is 0 Å². The molecule has 0 spiro atoms. The molecule has 2 rings (SSSR count). The number of ether oxygens (including phenoxy) is 1. The summed E-state index contributed by atoms with van der Waals surface area (Å²) in [5, 5.41) is 0. The molecule has 0 aliphatic heterocycles. The first-order chi connectivity index (χ1) is 11.9. The number of hydrogen-bond acceptors (Lipinski definition) is 4. The predicted molar refractivity (Wildman–Crippen MR) is 92.9 cm³/mol. The van der Waals surface area contributed by atoms with E-state index in [4.69, 9.17) is 4.74 Å². The van der Waals surface area contributed by atoms with Crippen LogP contribution in [0.25, 0.3) is 0 Å². The normalized spacial score (nSPS) is 11.4. The van der Waals surface area contributed by atoms with Crippen molar-refractivity contribution in [2.45, 2.75) is 13.0 Å². The van der Waals surface area contributed by atoms with Crippen molar-refractivity contribution in [1.82, 2.24) is 10.9 Å². The van der Waals surface area contributed by atoms with Gasteiger partial charge in [0.25, 0.3) is 11.8 Å². The molecule has 0 radical (unpaired) electrons. The van der Waals surface area contributed by atoms with E-state index < -0.39 is 23.7 Å². The van der Waals surface area contributed by atoms with E-state index in [0.717, 1.165) is 5.69 Å². The maximum absolute atomic E-state index is 12.8. The highest BCUT2D eigenvalue weighted by Crippen LogP contribution is 2.13. The van der Waals surface area contributed by atoms with Gasteiger partial charge in [-0.3, -0.25) is 20.4 Å². The first-order valence-electron chi connectivity index (χ1n) is 7.66. The molecule has 2 amide bonds. The van der Waals surface area contributed by atoms with Crippen molar-refractivity contribution >= 4 is 17.5 Å². The number of carbonyl (C=O) groups excluding carboxylic acids is 2. The van der Waals surface area contributed by atoms with E-state index in [1.165, 1.54) is 31.2 Å². The number of benzene rings is 2. The Balaban J connectivity index is 1.85. The summed E-state index contributed by atoms with van der Waals surface area (Å²) in [4.78, 5) is 25.9. The van der Waals surface area contributed by atoms with Crippen molar-refractivity contribution in [3.63, 3.8) is 0 Å². The lowest BCUT2D eigenvalue weighted by atomic mass is 10.2. The average molecular weight is 345 g/mol. The molecular weight excluding hydrogens is 325 g/mol. The Bertz CT molecular complexity index is 730. The van der Waals surface area contributed by atoms with Crippen LogP contribution in [0.4, 0.5) is 10.1 Å². The summed E-state index contributed by atoms with van der Waals surface area (Å²) in [6.45, 7) is 1.52. The van der Waals surface area contributed by atoms with E-state index in [1.807, 2.05) is 19.0 Å². The number of carbonyl (C=O) groups is 2. The van der Waals surface area contributed by atoms with Crippen molar-refractivity contribution < 1.29 is 18.7 Å². The van der Waals surface area contributed by atoms with Crippen molar-refractivity contribution in [2.24, 2.45) is 0 Å². The summed E-state index contributed by atoms with van der Waals surface area (Å²) in [6, 6.07) is 12.2. The zero-order chi connectivity index (χ0) is 18.4. The van der Waals surface area contributed by atoms with Gasteiger partial charge in [-0.25, -0.2) is 4.39 Å². The zero-order valence-electron chi connectivity index (χ0n) is 14.2. The van der Waals surface area contributed by atoms with Crippen LogP contribution in [0.15, 0.2) is 48.5 Å². The SMILES string of the molecule is CC(Oc1ccc(F)cc1)C(=O)NNC(=O)c1ccc(N(C)C)cc1. The number of hydrogen-bond donors (Lipinski definition) is 2. The van der Waals surface area contributed by atoms with Gasteiger partial charge in [0.05, 0.1) is 0 Å². The fraction of sp³-hybridized carbons (Fsp3) is 0.222. The maximum atomic E-state index is 12.8. The summed E-state index contributed by atoms with van der Waals surface area (Å²) in [7, 11) is 3.80. The molecule has 0 aliphatic carbocycles. The Morgan fingerprint density at radius 2 is 1.60 bits per heavy atom. The molecule has 0 saturated carbocycles. The van der Waals surface area contributed by atoms with Crippen LogP contribution >= 0.6 is 0 Å². The van der Waals surface area contributed by atoms with E-state index >= 15 is 0 Å². The second kappa shape index (κ2) is 8.14. The van der Waals surface area contributed by atoms with Crippen LogP contribution in [-0.2, 0) is 4.79 Å². The molecule has 2 aromatic carbocycles. The number of nitrogens with zero attached hydrogens (tertiary/aromatic N) is 1. The second-order valence-corrected chi connectivity index (χ2v) is 5.60. The topological polar surface area (TPSA) is 70.7 Å². The summed E-state index contributed by atoms with van der Waals surface area (Å²) >= 11 is 0. The fourth-order valence-corrected chi connectivity index (χ4v) is 1.97. The Labute approximate surface area is 145 Å². The number of rotatable bonds is 5. The van der Waals surface area contributed by atoms with Crippen molar-refractivity contribution in [3.05, 3.63) is 59.9 Å². The lowest BCUT2D eigenvalue weighted by molar-refractivity contribution is -0.128. The molecule has 0 heterocycles. The van der Waals surface area contributed by atoms with Crippen LogP contribution in [0.5, 0.6) is 5.75 Å². The third-order valence-corrected chi connectivity index (χ3v) is 3.44. The van der Waals surface area contributed by atoms with Crippen LogP contribution < -0.4 is 20.5 Å². The molecule has 7 heteroatoms. The molecule has 25 heavy (non-hydrogen) atoms. The molecule has 0 bridgehead atoms. The lowest BCUT2D eigenvalue weighted by Gasteiger charge is -2.15.